The second-order valence-corrected chi connectivity index (χ2v) is 5.73. The zero-order chi connectivity index (χ0) is 15.5. The number of carboxylic acid groups (broad SMARTS) is 1. The van der Waals surface area contributed by atoms with Crippen LogP contribution in [-0.2, 0) is 13.1 Å². The first-order chi connectivity index (χ1) is 10.6. The van der Waals surface area contributed by atoms with Gasteiger partial charge in [-0.05, 0) is 48.1 Å². The molecule has 22 heavy (non-hydrogen) atoms. The predicted octanol–water partition coefficient (Wildman–Crippen LogP) is 3.69. The molecular formula is C18H18FNO2. The molecular weight excluding hydrogens is 281 g/mol. The number of halogens is 1. The summed E-state index contributed by atoms with van der Waals surface area (Å²) < 4.78 is 14.0. The SMILES string of the molecule is O=C(O)c1cccc(CNCc2ccc(C3CC3)cc2F)c1. The van der Waals surface area contributed by atoms with Crippen LogP contribution in [0.2, 0.25) is 0 Å². The minimum absolute atomic E-state index is 0.170. The molecule has 2 N–H and O–H groups in total. The van der Waals surface area contributed by atoms with Crippen LogP contribution in [0.3, 0.4) is 0 Å². The highest BCUT2D eigenvalue weighted by molar-refractivity contribution is 5.87. The van der Waals surface area contributed by atoms with Crippen molar-refractivity contribution in [1.29, 1.82) is 0 Å². The molecule has 0 aromatic heterocycles. The first kappa shape index (κ1) is 14.7. The summed E-state index contributed by atoms with van der Waals surface area (Å²) >= 11 is 0. The minimum Gasteiger partial charge on any atom is -0.478 e. The van der Waals surface area contributed by atoms with Crippen molar-refractivity contribution in [2.75, 3.05) is 0 Å². The smallest absolute Gasteiger partial charge is 0.335 e. The Hall–Kier alpha value is -2.20. The molecule has 3 nitrogen and oxygen atoms in total. The van der Waals surface area contributed by atoms with Crippen molar-refractivity contribution in [2.24, 2.45) is 0 Å². The van der Waals surface area contributed by atoms with Crippen molar-refractivity contribution in [2.45, 2.75) is 31.8 Å². The molecule has 0 bridgehead atoms. The Kier molecular flexibility index (Phi) is 4.20. The van der Waals surface area contributed by atoms with Gasteiger partial charge in [0, 0.05) is 18.7 Å². The van der Waals surface area contributed by atoms with Crippen LogP contribution in [0.5, 0.6) is 0 Å². The first-order valence-corrected chi connectivity index (χ1v) is 7.45. The zero-order valence-corrected chi connectivity index (χ0v) is 12.2. The van der Waals surface area contributed by atoms with Crippen molar-refractivity contribution in [1.82, 2.24) is 5.32 Å². The number of carboxylic acids is 1. The van der Waals surface area contributed by atoms with Gasteiger partial charge in [-0.25, -0.2) is 9.18 Å². The molecule has 1 fully saturated rings. The van der Waals surface area contributed by atoms with Crippen LogP contribution < -0.4 is 5.32 Å². The maximum atomic E-state index is 14.0. The third-order valence-corrected chi connectivity index (χ3v) is 3.94. The van der Waals surface area contributed by atoms with Gasteiger partial charge in [-0.15, -0.1) is 0 Å². The summed E-state index contributed by atoms with van der Waals surface area (Å²) in [5.74, 6) is -0.560. The number of benzene rings is 2. The molecule has 2 aromatic carbocycles. The summed E-state index contributed by atoms with van der Waals surface area (Å²) in [7, 11) is 0. The molecule has 1 aliphatic rings. The lowest BCUT2D eigenvalue weighted by atomic mass is 10.1. The number of hydrogen-bond donors (Lipinski definition) is 2. The minimum atomic E-state index is -0.941. The van der Waals surface area contributed by atoms with Gasteiger partial charge in [0.15, 0.2) is 0 Å². The van der Waals surface area contributed by atoms with E-state index < -0.39 is 5.97 Å². The van der Waals surface area contributed by atoms with E-state index in [1.165, 1.54) is 0 Å². The van der Waals surface area contributed by atoms with E-state index in [0.29, 0.717) is 24.6 Å². The Morgan fingerprint density at radius 3 is 2.68 bits per heavy atom. The quantitative estimate of drug-likeness (QED) is 0.855. The molecule has 114 valence electrons. The van der Waals surface area contributed by atoms with Crippen molar-refractivity contribution in [3.8, 4) is 0 Å². The largest absolute Gasteiger partial charge is 0.478 e. The molecule has 2 aromatic rings. The van der Waals surface area contributed by atoms with Gasteiger partial charge in [0.25, 0.3) is 0 Å². The molecule has 0 radical (unpaired) electrons. The van der Waals surface area contributed by atoms with E-state index in [2.05, 4.69) is 5.32 Å². The lowest BCUT2D eigenvalue weighted by molar-refractivity contribution is 0.0696. The maximum absolute atomic E-state index is 14.0. The topological polar surface area (TPSA) is 49.3 Å². The van der Waals surface area contributed by atoms with Gasteiger partial charge in [0.05, 0.1) is 5.56 Å². The summed E-state index contributed by atoms with van der Waals surface area (Å²) in [6.45, 7) is 0.930. The fourth-order valence-corrected chi connectivity index (χ4v) is 2.53. The van der Waals surface area contributed by atoms with E-state index in [4.69, 9.17) is 5.11 Å². The van der Waals surface area contributed by atoms with Gasteiger partial charge in [0.1, 0.15) is 5.82 Å². The lowest BCUT2D eigenvalue weighted by Crippen LogP contribution is -2.14. The van der Waals surface area contributed by atoms with E-state index in [1.54, 1.807) is 24.3 Å². The Bertz CT molecular complexity index is 695. The number of hydrogen-bond acceptors (Lipinski definition) is 2. The van der Waals surface area contributed by atoms with Crippen molar-refractivity contribution >= 4 is 5.97 Å². The molecule has 1 saturated carbocycles. The van der Waals surface area contributed by atoms with Gasteiger partial charge < -0.3 is 10.4 Å². The monoisotopic (exact) mass is 299 g/mol. The molecule has 0 saturated heterocycles. The highest BCUT2D eigenvalue weighted by atomic mass is 19.1. The van der Waals surface area contributed by atoms with Crippen LogP contribution in [0, 0.1) is 5.82 Å². The number of aromatic carboxylic acids is 1. The molecule has 4 heteroatoms. The Balaban J connectivity index is 1.58. The highest BCUT2D eigenvalue weighted by Gasteiger charge is 2.24. The van der Waals surface area contributed by atoms with E-state index in [1.807, 2.05) is 18.2 Å². The van der Waals surface area contributed by atoms with Gasteiger partial charge in [-0.2, -0.15) is 0 Å². The van der Waals surface area contributed by atoms with Crippen LogP contribution in [0.1, 0.15) is 45.8 Å². The number of nitrogens with one attached hydrogen (secondary N) is 1. The molecule has 0 unspecified atom stereocenters. The standard InChI is InChI=1S/C18H18FNO2/c19-17-9-14(13-4-5-13)6-7-16(17)11-20-10-12-2-1-3-15(8-12)18(21)22/h1-3,6-9,13,20H,4-5,10-11H2,(H,21,22). The van der Waals surface area contributed by atoms with Crippen molar-refractivity contribution in [3.05, 3.63) is 70.5 Å². The third kappa shape index (κ3) is 3.52. The fourth-order valence-electron chi connectivity index (χ4n) is 2.53. The molecule has 0 spiro atoms. The van der Waals surface area contributed by atoms with Crippen molar-refractivity contribution < 1.29 is 14.3 Å². The average Bonchev–Trinajstić information content (AvgIpc) is 3.34. The van der Waals surface area contributed by atoms with Gasteiger partial charge in [-0.3, -0.25) is 0 Å². The Morgan fingerprint density at radius 2 is 2.00 bits per heavy atom. The van der Waals surface area contributed by atoms with Crippen LogP contribution in [0.25, 0.3) is 0 Å². The molecule has 3 rings (SSSR count). The fraction of sp³-hybridized carbons (Fsp3) is 0.278. The second kappa shape index (κ2) is 6.28. The van der Waals surface area contributed by atoms with Crippen LogP contribution in [0.4, 0.5) is 4.39 Å². The highest BCUT2D eigenvalue weighted by Crippen LogP contribution is 2.40. The summed E-state index contributed by atoms with van der Waals surface area (Å²) in [5, 5.41) is 12.1. The van der Waals surface area contributed by atoms with E-state index in [-0.39, 0.29) is 11.4 Å². The average molecular weight is 299 g/mol. The lowest BCUT2D eigenvalue weighted by Gasteiger charge is -2.08. The summed E-state index contributed by atoms with van der Waals surface area (Å²) in [6.07, 6.45) is 2.33. The van der Waals surface area contributed by atoms with Gasteiger partial charge in [-0.1, -0.05) is 24.3 Å². The number of rotatable bonds is 6. The number of carbonyl (C=O) groups is 1. The van der Waals surface area contributed by atoms with Crippen molar-refractivity contribution in [3.63, 3.8) is 0 Å². The zero-order valence-electron chi connectivity index (χ0n) is 12.2. The van der Waals surface area contributed by atoms with Crippen LogP contribution in [-0.4, -0.2) is 11.1 Å². The normalized spacial score (nSPS) is 14.0. The van der Waals surface area contributed by atoms with Crippen LogP contribution in [0.15, 0.2) is 42.5 Å². The summed E-state index contributed by atoms with van der Waals surface area (Å²) in [5.41, 5.74) is 2.86. The van der Waals surface area contributed by atoms with Crippen LogP contribution >= 0.6 is 0 Å². The molecule has 0 heterocycles. The molecule has 0 amide bonds. The summed E-state index contributed by atoms with van der Waals surface area (Å²) in [6, 6.07) is 12.2. The van der Waals surface area contributed by atoms with E-state index >= 15 is 0 Å². The Morgan fingerprint density at radius 1 is 1.18 bits per heavy atom. The van der Waals surface area contributed by atoms with Gasteiger partial charge in [0.2, 0.25) is 0 Å². The molecule has 1 aliphatic carbocycles. The molecule has 0 atom stereocenters. The third-order valence-electron chi connectivity index (χ3n) is 3.94. The summed E-state index contributed by atoms with van der Waals surface area (Å²) in [4.78, 5) is 10.9. The van der Waals surface area contributed by atoms with E-state index in [9.17, 15) is 9.18 Å². The predicted molar refractivity (Wildman–Crippen MR) is 82.3 cm³/mol. The van der Waals surface area contributed by atoms with E-state index in [0.717, 1.165) is 24.0 Å². The molecule has 0 aliphatic heterocycles. The second-order valence-electron chi connectivity index (χ2n) is 5.73. The Labute approximate surface area is 128 Å². The van der Waals surface area contributed by atoms with Gasteiger partial charge >= 0.3 is 5.97 Å². The first-order valence-electron chi connectivity index (χ1n) is 7.45. The maximum Gasteiger partial charge on any atom is 0.335 e.